The fourth-order valence-corrected chi connectivity index (χ4v) is 3.23. The number of hydrogen-bond acceptors (Lipinski definition) is 4. The van der Waals surface area contributed by atoms with Crippen LogP contribution < -0.4 is 10.0 Å². The van der Waals surface area contributed by atoms with Gasteiger partial charge in [-0.25, -0.2) is 21.9 Å². The van der Waals surface area contributed by atoms with E-state index in [0.717, 1.165) is 25.1 Å². The third-order valence-corrected chi connectivity index (χ3v) is 4.43. The van der Waals surface area contributed by atoms with E-state index < -0.39 is 33.0 Å². The average Bonchev–Trinajstić information content (AvgIpc) is 2.70. The monoisotopic (exact) mass is 320 g/mol. The van der Waals surface area contributed by atoms with Crippen LogP contribution in [0.5, 0.6) is 0 Å². The van der Waals surface area contributed by atoms with E-state index >= 15 is 0 Å². The van der Waals surface area contributed by atoms with Crippen LogP contribution in [-0.2, 0) is 20.5 Å². The SMILES string of the molecule is O=S(=O)(Cc1c(F)cccc1F)NCC1CNCCCO1. The van der Waals surface area contributed by atoms with Crippen molar-refractivity contribution in [2.45, 2.75) is 18.3 Å². The highest BCUT2D eigenvalue weighted by atomic mass is 32.2. The van der Waals surface area contributed by atoms with Crippen molar-refractivity contribution in [2.75, 3.05) is 26.2 Å². The standard InChI is InChI=1S/C13H18F2N2O3S/c14-12-3-1-4-13(15)11(12)9-21(18,19)17-8-10-7-16-5-2-6-20-10/h1,3-4,10,16-17H,2,5-9H2. The first-order valence-electron chi connectivity index (χ1n) is 6.70. The van der Waals surface area contributed by atoms with Crippen molar-refractivity contribution < 1.29 is 21.9 Å². The van der Waals surface area contributed by atoms with Gasteiger partial charge < -0.3 is 10.1 Å². The summed E-state index contributed by atoms with van der Waals surface area (Å²) in [4.78, 5) is 0. The van der Waals surface area contributed by atoms with Crippen molar-refractivity contribution in [1.82, 2.24) is 10.0 Å². The van der Waals surface area contributed by atoms with Crippen LogP contribution in [0.15, 0.2) is 18.2 Å². The average molecular weight is 320 g/mol. The smallest absolute Gasteiger partial charge is 0.216 e. The van der Waals surface area contributed by atoms with Gasteiger partial charge in [-0.05, 0) is 25.1 Å². The van der Waals surface area contributed by atoms with Crippen LogP contribution in [-0.4, -0.2) is 40.8 Å². The van der Waals surface area contributed by atoms with Gasteiger partial charge in [0, 0.05) is 25.3 Å². The highest BCUT2D eigenvalue weighted by Crippen LogP contribution is 2.14. The van der Waals surface area contributed by atoms with Crippen molar-refractivity contribution in [1.29, 1.82) is 0 Å². The third-order valence-electron chi connectivity index (χ3n) is 3.15. The molecular weight excluding hydrogens is 302 g/mol. The van der Waals surface area contributed by atoms with Gasteiger partial charge >= 0.3 is 0 Å². The maximum Gasteiger partial charge on any atom is 0.216 e. The molecule has 1 atom stereocenters. The molecule has 8 heteroatoms. The second kappa shape index (κ2) is 7.26. The Bertz CT molecular complexity index is 553. The summed E-state index contributed by atoms with van der Waals surface area (Å²) in [7, 11) is -3.83. The molecule has 1 aliphatic heterocycles. The van der Waals surface area contributed by atoms with Crippen LogP contribution in [0.25, 0.3) is 0 Å². The summed E-state index contributed by atoms with van der Waals surface area (Å²) in [6, 6.07) is 3.26. The molecular formula is C13H18F2N2O3S. The molecule has 5 nitrogen and oxygen atoms in total. The molecule has 1 unspecified atom stereocenters. The molecule has 1 saturated heterocycles. The number of nitrogens with one attached hydrogen (secondary N) is 2. The quantitative estimate of drug-likeness (QED) is 0.841. The molecule has 0 bridgehead atoms. The number of ether oxygens (including phenoxy) is 1. The van der Waals surface area contributed by atoms with Crippen molar-refractivity contribution in [3.8, 4) is 0 Å². The normalized spacial score (nSPS) is 20.2. The zero-order chi connectivity index (χ0) is 15.3. The van der Waals surface area contributed by atoms with Gasteiger partial charge in [-0.2, -0.15) is 0 Å². The van der Waals surface area contributed by atoms with E-state index in [4.69, 9.17) is 4.74 Å². The van der Waals surface area contributed by atoms with E-state index in [1.807, 2.05) is 0 Å². The van der Waals surface area contributed by atoms with E-state index in [0.29, 0.717) is 13.2 Å². The van der Waals surface area contributed by atoms with Crippen LogP contribution in [0.2, 0.25) is 0 Å². The molecule has 2 N–H and O–H groups in total. The topological polar surface area (TPSA) is 67.4 Å². The van der Waals surface area contributed by atoms with Crippen molar-refractivity contribution in [3.63, 3.8) is 0 Å². The molecule has 1 heterocycles. The zero-order valence-electron chi connectivity index (χ0n) is 11.4. The summed E-state index contributed by atoms with van der Waals surface area (Å²) in [6.45, 7) is 1.99. The fraction of sp³-hybridized carbons (Fsp3) is 0.538. The summed E-state index contributed by atoms with van der Waals surface area (Å²) in [5, 5.41) is 3.12. The highest BCUT2D eigenvalue weighted by molar-refractivity contribution is 7.88. The lowest BCUT2D eigenvalue weighted by Crippen LogP contribution is -2.39. The molecule has 0 amide bonds. The molecule has 0 saturated carbocycles. The maximum absolute atomic E-state index is 13.5. The Morgan fingerprint density at radius 3 is 2.76 bits per heavy atom. The van der Waals surface area contributed by atoms with Crippen molar-refractivity contribution in [2.24, 2.45) is 0 Å². The molecule has 1 fully saturated rings. The molecule has 0 radical (unpaired) electrons. The number of rotatable bonds is 5. The van der Waals surface area contributed by atoms with Gasteiger partial charge in [-0.1, -0.05) is 6.07 Å². The summed E-state index contributed by atoms with van der Waals surface area (Å²) in [6.07, 6.45) is 0.580. The molecule has 1 aromatic carbocycles. The van der Waals surface area contributed by atoms with E-state index in [9.17, 15) is 17.2 Å². The minimum absolute atomic E-state index is 0.0748. The van der Waals surface area contributed by atoms with Gasteiger partial charge in [-0.15, -0.1) is 0 Å². The fourth-order valence-electron chi connectivity index (χ4n) is 2.03. The minimum Gasteiger partial charge on any atom is -0.375 e. The summed E-state index contributed by atoms with van der Waals surface area (Å²) in [5.74, 6) is -2.47. The lowest BCUT2D eigenvalue weighted by atomic mass is 10.2. The van der Waals surface area contributed by atoms with Gasteiger partial charge in [0.25, 0.3) is 0 Å². The first-order valence-corrected chi connectivity index (χ1v) is 8.36. The molecule has 1 aromatic rings. The molecule has 1 aliphatic rings. The number of hydrogen-bond donors (Lipinski definition) is 2. The predicted molar refractivity (Wildman–Crippen MR) is 74.2 cm³/mol. The Balaban J connectivity index is 1.95. The van der Waals surface area contributed by atoms with Crippen LogP contribution in [0, 0.1) is 11.6 Å². The minimum atomic E-state index is -3.83. The lowest BCUT2D eigenvalue weighted by Gasteiger charge is -2.16. The second-order valence-electron chi connectivity index (χ2n) is 4.86. The van der Waals surface area contributed by atoms with Gasteiger partial charge in [-0.3, -0.25) is 0 Å². The summed E-state index contributed by atoms with van der Waals surface area (Å²) < 4.78 is 58.5. The largest absolute Gasteiger partial charge is 0.375 e. The first kappa shape index (κ1) is 16.3. The van der Waals surface area contributed by atoms with Crippen LogP contribution >= 0.6 is 0 Å². The van der Waals surface area contributed by atoms with Crippen LogP contribution in [0.3, 0.4) is 0 Å². The van der Waals surface area contributed by atoms with Crippen LogP contribution in [0.4, 0.5) is 8.78 Å². The first-order chi connectivity index (χ1) is 9.98. The van der Waals surface area contributed by atoms with E-state index in [1.165, 1.54) is 6.07 Å². The van der Waals surface area contributed by atoms with Gasteiger partial charge in [0.15, 0.2) is 0 Å². The molecule has 21 heavy (non-hydrogen) atoms. The molecule has 0 spiro atoms. The van der Waals surface area contributed by atoms with Gasteiger partial charge in [0.1, 0.15) is 11.6 Å². The Kier molecular flexibility index (Phi) is 5.63. The Hall–Kier alpha value is -1.09. The number of halogens is 2. The Morgan fingerprint density at radius 2 is 2.05 bits per heavy atom. The third kappa shape index (κ3) is 4.99. The van der Waals surface area contributed by atoms with E-state index in [-0.39, 0.29) is 12.6 Å². The van der Waals surface area contributed by atoms with Gasteiger partial charge in [0.2, 0.25) is 10.0 Å². The molecule has 2 rings (SSSR count). The number of benzene rings is 1. The molecule has 118 valence electrons. The second-order valence-corrected chi connectivity index (χ2v) is 6.67. The maximum atomic E-state index is 13.5. The Labute approximate surface area is 122 Å². The van der Waals surface area contributed by atoms with Crippen molar-refractivity contribution >= 4 is 10.0 Å². The molecule has 0 aromatic heterocycles. The van der Waals surface area contributed by atoms with Crippen LogP contribution in [0.1, 0.15) is 12.0 Å². The number of sulfonamides is 1. The highest BCUT2D eigenvalue weighted by Gasteiger charge is 2.20. The zero-order valence-corrected chi connectivity index (χ0v) is 12.3. The van der Waals surface area contributed by atoms with E-state index in [2.05, 4.69) is 10.0 Å². The van der Waals surface area contributed by atoms with Crippen molar-refractivity contribution in [3.05, 3.63) is 35.4 Å². The predicted octanol–water partition coefficient (Wildman–Crippen LogP) is 0.763. The van der Waals surface area contributed by atoms with Gasteiger partial charge in [0.05, 0.1) is 11.9 Å². The summed E-state index contributed by atoms with van der Waals surface area (Å²) >= 11 is 0. The van der Waals surface area contributed by atoms with E-state index in [1.54, 1.807) is 0 Å². The Morgan fingerprint density at radius 1 is 1.33 bits per heavy atom. The summed E-state index contributed by atoms with van der Waals surface area (Å²) in [5.41, 5.74) is -0.454. The molecule has 0 aliphatic carbocycles. The lowest BCUT2D eigenvalue weighted by molar-refractivity contribution is 0.0707.